The lowest BCUT2D eigenvalue weighted by molar-refractivity contribution is 0.268. The van der Waals surface area contributed by atoms with Crippen LogP contribution in [-0.2, 0) is 13.2 Å². The van der Waals surface area contributed by atoms with Crippen LogP contribution in [0.15, 0.2) is 60.8 Å². The average Bonchev–Trinajstić information content (AvgIpc) is 2.78. The summed E-state index contributed by atoms with van der Waals surface area (Å²) in [6.07, 6.45) is 2.59. The van der Waals surface area contributed by atoms with E-state index in [9.17, 15) is 0 Å². The molecule has 0 spiro atoms. The fourth-order valence-corrected chi connectivity index (χ4v) is 3.27. The van der Waals surface area contributed by atoms with E-state index in [1.165, 1.54) is 5.56 Å². The Kier molecular flexibility index (Phi) is 9.00. The minimum Gasteiger partial charge on any atom is -0.490 e. The number of ether oxygens (including phenoxy) is 3. The molecule has 0 unspecified atom stereocenters. The van der Waals surface area contributed by atoms with Crippen molar-refractivity contribution in [2.45, 2.75) is 33.4 Å². The molecule has 1 heterocycles. The lowest BCUT2D eigenvalue weighted by Crippen LogP contribution is -2.17. The molecule has 0 aliphatic heterocycles. The van der Waals surface area contributed by atoms with E-state index in [1.54, 1.807) is 6.20 Å². The molecule has 0 saturated heterocycles. The summed E-state index contributed by atoms with van der Waals surface area (Å²) in [5.74, 6) is 2.01. The number of halogens is 1. The molecule has 5 nitrogen and oxygen atoms in total. The minimum atomic E-state index is 0.469. The molecule has 3 aromatic rings. The van der Waals surface area contributed by atoms with Gasteiger partial charge in [0.2, 0.25) is 5.88 Å². The lowest BCUT2D eigenvalue weighted by Gasteiger charge is -2.16. The van der Waals surface area contributed by atoms with Crippen LogP contribution < -0.4 is 19.5 Å². The fourth-order valence-electron chi connectivity index (χ4n) is 3.05. The Morgan fingerprint density at radius 2 is 1.74 bits per heavy atom. The topological polar surface area (TPSA) is 52.6 Å². The number of nitrogens with zero attached hydrogens (tertiary/aromatic N) is 1. The molecular weight excluding hydrogens is 412 g/mol. The third-order valence-corrected chi connectivity index (χ3v) is 5.11. The zero-order valence-corrected chi connectivity index (χ0v) is 18.8. The van der Waals surface area contributed by atoms with Crippen molar-refractivity contribution in [2.75, 3.05) is 19.8 Å². The number of rotatable bonds is 12. The summed E-state index contributed by atoms with van der Waals surface area (Å²) in [6, 6.07) is 17.6. The van der Waals surface area contributed by atoms with Crippen molar-refractivity contribution in [1.29, 1.82) is 0 Å². The van der Waals surface area contributed by atoms with Crippen LogP contribution in [0.5, 0.6) is 17.4 Å². The number of hydrogen-bond acceptors (Lipinski definition) is 5. The van der Waals surface area contributed by atoms with Crippen molar-refractivity contribution in [3.8, 4) is 17.4 Å². The predicted molar refractivity (Wildman–Crippen MR) is 124 cm³/mol. The van der Waals surface area contributed by atoms with E-state index >= 15 is 0 Å². The molecule has 31 heavy (non-hydrogen) atoms. The summed E-state index contributed by atoms with van der Waals surface area (Å²) in [5.41, 5.74) is 3.30. The second-order valence-electron chi connectivity index (χ2n) is 7.09. The monoisotopic (exact) mass is 440 g/mol. The molecule has 6 heteroatoms. The molecule has 2 aromatic carbocycles. The van der Waals surface area contributed by atoms with Gasteiger partial charge in [-0.25, -0.2) is 4.98 Å². The highest BCUT2D eigenvalue weighted by molar-refractivity contribution is 6.31. The van der Waals surface area contributed by atoms with Gasteiger partial charge in [-0.3, -0.25) is 0 Å². The molecule has 0 bridgehead atoms. The molecule has 3 rings (SSSR count). The zero-order chi connectivity index (χ0) is 21.9. The molecule has 0 aliphatic carbocycles. The molecule has 0 atom stereocenters. The Morgan fingerprint density at radius 3 is 2.52 bits per heavy atom. The molecule has 0 aliphatic rings. The summed E-state index contributed by atoms with van der Waals surface area (Å²) in [6.45, 7) is 7.11. The minimum absolute atomic E-state index is 0.469. The first kappa shape index (κ1) is 22.9. The first-order valence-electron chi connectivity index (χ1n) is 10.5. The summed E-state index contributed by atoms with van der Waals surface area (Å²) in [4.78, 5) is 4.14. The third kappa shape index (κ3) is 7.16. The van der Waals surface area contributed by atoms with E-state index in [2.05, 4.69) is 29.4 Å². The zero-order valence-electron chi connectivity index (χ0n) is 18.1. The van der Waals surface area contributed by atoms with E-state index in [-0.39, 0.29) is 0 Å². The predicted octanol–water partition coefficient (Wildman–Crippen LogP) is 5.58. The van der Waals surface area contributed by atoms with E-state index in [0.29, 0.717) is 48.8 Å². The van der Waals surface area contributed by atoms with Crippen LogP contribution in [0.1, 0.15) is 30.0 Å². The molecule has 0 fully saturated rings. The maximum Gasteiger partial charge on any atom is 0.213 e. The van der Waals surface area contributed by atoms with Crippen molar-refractivity contribution >= 4 is 11.6 Å². The van der Waals surface area contributed by atoms with Crippen LogP contribution in [0.2, 0.25) is 5.02 Å². The SMILES string of the molecule is CCOc1cc(CNCCCOc2ccccn2)c(Cl)cc1OCc1ccccc1C. The van der Waals surface area contributed by atoms with E-state index in [0.717, 1.165) is 24.1 Å². The first-order chi connectivity index (χ1) is 15.2. The molecule has 164 valence electrons. The van der Waals surface area contributed by atoms with Crippen LogP contribution in [0.25, 0.3) is 0 Å². The average molecular weight is 441 g/mol. The van der Waals surface area contributed by atoms with E-state index in [4.69, 9.17) is 25.8 Å². The van der Waals surface area contributed by atoms with Crippen LogP contribution in [-0.4, -0.2) is 24.7 Å². The second-order valence-corrected chi connectivity index (χ2v) is 7.49. The van der Waals surface area contributed by atoms with Gasteiger partial charge >= 0.3 is 0 Å². The molecule has 0 amide bonds. The molecule has 1 aromatic heterocycles. The highest BCUT2D eigenvalue weighted by Gasteiger charge is 2.12. The highest BCUT2D eigenvalue weighted by Crippen LogP contribution is 2.34. The van der Waals surface area contributed by atoms with Gasteiger partial charge < -0.3 is 19.5 Å². The smallest absolute Gasteiger partial charge is 0.213 e. The fraction of sp³-hybridized carbons (Fsp3) is 0.320. The Balaban J connectivity index is 1.52. The lowest BCUT2D eigenvalue weighted by atomic mass is 10.1. The summed E-state index contributed by atoms with van der Waals surface area (Å²) in [5, 5.41) is 4.05. The van der Waals surface area contributed by atoms with Crippen molar-refractivity contribution < 1.29 is 14.2 Å². The van der Waals surface area contributed by atoms with Crippen molar-refractivity contribution in [1.82, 2.24) is 10.3 Å². The summed E-state index contributed by atoms with van der Waals surface area (Å²) < 4.78 is 17.5. The van der Waals surface area contributed by atoms with Gasteiger partial charge in [0.25, 0.3) is 0 Å². The van der Waals surface area contributed by atoms with E-state index < -0.39 is 0 Å². The van der Waals surface area contributed by atoms with Gasteiger partial charge in [-0.2, -0.15) is 0 Å². The second kappa shape index (κ2) is 12.2. The first-order valence-corrected chi connectivity index (χ1v) is 10.9. The number of pyridine rings is 1. The van der Waals surface area contributed by atoms with Crippen LogP contribution in [0.4, 0.5) is 0 Å². The van der Waals surface area contributed by atoms with Gasteiger partial charge in [-0.1, -0.05) is 41.9 Å². The maximum atomic E-state index is 6.53. The van der Waals surface area contributed by atoms with Crippen LogP contribution in [0.3, 0.4) is 0 Å². The van der Waals surface area contributed by atoms with E-state index in [1.807, 2.05) is 49.4 Å². The van der Waals surface area contributed by atoms with Crippen molar-refractivity contribution in [2.24, 2.45) is 0 Å². The quantitative estimate of drug-likeness (QED) is 0.372. The highest BCUT2D eigenvalue weighted by atomic mass is 35.5. The Labute approximate surface area is 189 Å². The molecule has 1 N–H and O–H groups in total. The van der Waals surface area contributed by atoms with Crippen molar-refractivity contribution in [3.63, 3.8) is 0 Å². The van der Waals surface area contributed by atoms with Gasteiger partial charge in [-0.15, -0.1) is 0 Å². The summed E-state index contributed by atoms with van der Waals surface area (Å²) in [7, 11) is 0. The Bertz CT molecular complexity index is 951. The molecule has 0 radical (unpaired) electrons. The van der Waals surface area contributed by atoms with Crippen LogP contribution >= 0.6 is 11.6 Å². The number of benzene rings is 2. The largest absolute Gasteiger partial charge is 0.490 e. The standard InChI is InChI=1S/C25H29ClN2O3/c1-3-29-23-15-21(17-27-12-8-14-30-25-11-6-7-13-28-25)22(26)16-24(23)31-18-20-10-5-4-9-19(20)2/h4-7,9-11,13,15-16,27H,3,8,12,14,17-18H2,1-2H3. The summed E-state index contributed by atoms with van der Waals surface area (Å²) >= 11 is 6.53. The Hall–Kier alpha value is -2.76. The number of nitrogens with one attached hydrogen (secondary N) is 1. The van der Waals surface area contributed by atoms with Crippen molar-refractivity contribution in [3.05, 3.63) is 82.5 Å². The number of hydrogen-bond donors (Lipinski definition) is 1. The van der Waals surface area contributed by atoms with Gasteiger partial charge in [0.1, 0.15) is 6.61 Å². The normalized spacial score (nSPS) is 10.7. The molecular formula is C25H29ClN2O3. The van der Waals surface area contributed by atoms with Gasteiger partial charge in [0.15, 0.2) is 11.5 Å². The van der Waals surface area contributed by atoms with Gasteiger partial charge in [0.05, 0.1) is 13.2 Å². The number of aryl methyl sites for hydroxylation is 1. The van der Waals surface area contributed by atoms with Gasteiger partial charge in [-0.05, 0) is 55.6 Å². The third-order valence-electron chi connectivity index (χ3n) is 4.76. The maximum absolute atomic E-state index is 6.53. The Morgan fingerprint density at radius 1 is 0.935 bits per heavy atom. The number of aromatic nitrogens is 1. The van der Waals surface area contributed by atoms with Crippen LogP contribution in [0, 0.1) is 6.92 Å². The molecule has 0 saturated carbocycles. The van der Waals surface area contributed by atoms with Gasteiger partial charge in [0, 0.05) is 29.9 Å².